The van der Waals surface area contributed by atoms with Crippen LogP contribution in [0.5, 0.6) is 0 Å². The molecule has 0 radical (unpaired) electrons. The zero-order valence-electron chi connectivity index (χ0n) is 16.2. The van der Waals surface area contributed by atoms with Gasteiger partial charge in [0.2, 0.25) is 5.82 Å². The van der Waals surface area contributed by atoms with Crippen molar-refractivity contribution in [3.05, 3.63) is 42.3 Å². The van der Waals surface area contributed by atoms with Crippen LogP contribution in [-0.4, -0.2) is 61.6 Å². The molecular formula is C19H17F3N6O3. The molecule has 1 fully saturated rings. The molecule has 1 N–H and O–H groups in total. The van der Waals surface area contributed by atoms with Crippen molar-refractivity contribution in [2.75, 3.05) is 11.4 Å². The molecule has 1 amide bonds. The molecule has 3 heterocycles. The molecule has 2 atom stereocenters. The molecule has 162 valence electrons. The van der Waals surface area contributed by atoms with Crippen LogP contribution in [-0.2, 0) is 11.3 Å². The Kier molecular flexibility index (Phi) is 5.55. The molecule has 0 saturated carbocycles. The Morgan fingerprint density at radius 3 is 2.71 bits per heavy atom. The zero-order valence-corrected chi connectivity index (χ0v) is 16.2. The number of carbonyl (C=O) groups is 1. The number of cyclic esters (lactones) is 1. The van der Waals surface area contributed by atoms with Crippen LogP contribution in [0.15, 0.2) is 36.5 Å². The van der Waals surface area contributed by atoms with Gasteiger partial charge < -0.3 is 9.84 Å². The maximum absolute atomic E-state index is 14.8. The molecule has 3 aromatic rings. The maximum atomic E-state index is 14.8. The summed E-state index contributed by atoms with van der Waals surface area (Å²) in [5, 5.41) is 21.3. The number of amides is 1. The van der Waals surface area contributed by atoms with Gasteiger partial charge in [-0.2, -0.15) is 4.80 Å². The normalized spacial score (nSPS) is 17.3. The molecule has 12 heteroatoms. The molecular weight excluding hydrogens is 417 g/mol. The number of halogens is 3. The number of alkyl halides is 2. The zero-order chi connectivity index (χ0) is 22.1. The van der Waals surface area contributed by atoms with Crippen molar-refractivity contribution in [2.24, 2.45) is 0 Å². The number of aliphatic hydroxyl groups is 1. The molecule has 0 spiro atoms. The van der Waals surface area contributed by atoms with Crippen molar-refractivity contribution in [1.29, 1.82) is 0 Å². The van der Waals surface area contributed by atoms with E-state index in [2.05, 4.69) is 20.4 Å². The fourth-order valence-electron chi connectivity index (χ4n) is 3.11. The highest BCUT2D eigenvalue weighted by Crippen LogP contribution is 2.30. The van der Waals surface area contributed by atoms with Crippen LogP contribution in [0.25, 0.3) is 22.6 Å². The number of rotatable bonds is 6. The lowest BCUT2D eigenvalue weighted by atomic mass is 10.1. The van der Waals surface area contributed by atoms with Crippen molar-refractivity contribution < 1.29 is 27.8 Å². The number of carbonyl (C=O) groups excluding carboxylic acids is 1. The molecule has 31 heavy (non-hydrogen) atoms. The highest BCUT2D eigenvalue weighted by molar-refractivity contribution is 5.90. The van der Waals surface area contributed by atoms with Gasteiger partial charge in [0.15, 0.2) is 12.2 Å². The van der Waals surface area contributed by atoms with E-state index >= 15 is 0 Å². The number of aromatic nitrogens is 5. The minimum atomic E-state index is -3.06. The summed E-state index contributed by atoms with van der Waals surface area (Å²) in [5.74, 6) is -0.301. The second-order valence-electron chi connectivity index (χ2n) is 6.76. The van der Waals surface area contributed by atoms with Gasteiger partial charge in [-0.1, -0.05) is 6.07 Å². The summed E-state index contributed by atoms with van der Waals surface area (Å²) in [6.07, 6.45) is -6.05. The molecule has 0 aliphatic carbocycles. The first-order valence-electron chi connectivity index (χ1n) is 9.36. The highest BCUT2D eigenvalue weighted by atomic mass is 19.3. The molecule has 1 aliphatic rings. The summed E-state index contributed by atoms with van der Waals surface area (Å²) in [5.41, 5.74) is 1.31. The average Bonchev–Trinajstić information content (AvgIpc) is 3.40. The van der Waals surface area contributed by atoms with E-state index < -0.39 is 30.5 Å². The predicted octanol–water partition coefficient (Wildman–Crippen LogP) is 2.51. The topological polar surface area (TPSA) is 106 Å². The van der Waals surface area contributed by atoms with Gasteiger partial charge >= 0.3 is 6.09 Å². The Morgan fingerprint density at radius 1 is 1.29 bits per heavy atom. The second kappa shape index (κ2) is 8.30. The standard InChI is InChI=1S/C19H17F3N6O3/c1-2-28-25-18(24-26-28)14-6-3-10(8-23-14)12-5-4-11(7-13(12)20)27-9-15(31-19(27)30)16(29)17(21)22/h3-8,15-17,29H,2,9H2,1H3/t15-,16-/m0/s1. The molecule has 1 saturated heterocycles. The minimum absolute atomic E-state index is 0.125. The Bertz CT molecular complexity index is 1090. The van der Waals surface area contributed by atoms with Gasteiger partial charge in [-0.15, -0.1) is 10.2 Å². The number of pyridine rings is 1. The summed E-state index contributed by atoms with van der Waals surface area (Å²) in [6, 6.07) is 7.27. The van der Waals surface area contributed by atoms with Crippen molar-refractivity contribution in [2.45, 2.75) is 32.1 Å². The molecule has 1 aromatic carbocycles. The van der Waals surface area contributed by atoms with Crippen molar-refractivity contribution in [3.63, 3.8) is 0 Å². The van der Waals surface area contributed by atoms with Crippen LogP contribution in [0.3, 0.4) is 0 Å². The van der Waals surface area contributed by atoms with Gasteiger partial charge in [0.05, 0.1) is 18.8 Å². The Balaban J connectivity index is 1.53. The van der Waals surface area contributed by atoms with Crippen molar-refractivity contribution in [3.8, 4) is 22.6 Å². The van der Waals surface area contributed by atoms with Gasteiger partial charge in [0.1, 0.15) is 11.5 Å². The maximum Gasteiger partial charge on any atom is 0.414 e. The van der Waals surface area contributed by atoms with Crippen LogP contribution in [0.4, 0.5) is 23.7 Å². The van der Waals surface area contributed by atoms with E-state index in [9.17, 15) is 23.1 Å². The number of anilines is 1. The average molecular weight is 434 g/mol. The molecule has 2 aromatic heterocycles. The quantitative estimate of drug-likeness (QED) is 0.635. The molecule has 0 unspecified atom stereocenters. The van der Waals surface area contributed by atoms with E-state index in [-0.39, 0.29) is 17.8 Å². The van der Waals surface area contributed by atoms with E-state index in [1.165, 1.54) is 23.1 Å². The number of hydrogen-bond acceptors (Lipinski definition) is 7. The third-order valence-corrected chi connectivity index (χ3v) is 4.78. The van der Waals surface area contributed by atoms with Gasteiger partial charge in [-0.25, -0.2) is 18.0 Å². The molecule has 4 rings (SSSR count). The third kappa shape index (κ3) is 4.06. The van der Waals surface area contributed by atoms with Gasteiger partial charge in [0.25, 0.3) is 6.43 Å². The smallest absolute Gasteiger partial charge is 0.414 e. The van der Waals surface area contributed by atoms with Crippen LogP contribution >= 0.6 is 0 Å². The van der Waals surface area contributed by atoms with E-state index in [0.29, 0.717) is 23.6 Å². The molecule has 0 bridgehead atoms. The summed E-state index contributed by atoms with van der Waals surface area (Å²) in [7, 11) is 0. The van der Waals surface area contributed by atoms with Gasteiger partial charge in [0, 0.05) is 17.3 Å². The molecule has 1 aliphatic heterocycles. The number of nitrogens with zero attached hydrogens (tertiary/aromatic N) is 6. The number of tetrazole rings is 1. The lowest BCUT2D eigenvalue weighted by molar-refractivity contribution is -0.0641. The van der Waals surface area contributed by atoms with Crippen molar-refractivity contribution in [1.82, 2.24) is 25.2 Å². The monoisotopic (exact) mass is 434 g/mol. The number of aryl methyl sites for hydroxylation is 1. The Hall–Kier alpha value is -3.54. The largest absolute Gasteiger partial charge is 0.441 e. The van der Waals surface area contributed by atoms with E-state index in [4.69, 9.17) is 4.74 Å². The lowest BCUT2D eigenvalue weighted by Gasteiger charge is -2.16. The first-order valence-corrected chi connectivity index (χ1v) is 9.36. The van der Waals surface area contributed by atoms with Crippen LogP contribution in [0, 0.1) is 5.82 Å². The summed E-state index contributed by atoms with van der Waals surface area (Å²) < 4.78 is 44.9. The summed E-state index contributed by atoms with van der Waals surface area (Å²) in [6.45, 7) is 2.12. The first kappa shape index (κ1) is 20.7. The molecule has 9 nitrogen and oxygen atoms in total. The van der Waals surface area contributed by atoms with Crippen LogP contribution < -0.4 is 4.90 Å². The lowest BCUT2D eigenvalue weighted by Crippen LogP contribution is -2.36. The number of hydrogen-bond donors (Lipinski definition) is 1. The Labute approximate surface area is 174 Å². The van der Waals surface area contributed by atoms with Gasteiger partial charge in [-0.3, -0.25) is 9.88 Å². The van der Waals surface area contributed by atoms with Crippen LogP contribution in [0.2, 0.25) is 0 Å². The SMILES string of the molecule is CCn1nnc(-c2ccc(-c3ccc(N4C[C@@H]([C@H](O)C(F)F)OC4=O)cc3F)cn2)n1. The van der Waals surface area contributed by atoms with Crippen LogP contribution in [0.1, 0.15) is 6.92 Å². The Morgan fingerprint density at radius 2 is 2.10 bits per heavy atom. The van der Waals surface area contributed by atoms with E-state index in [1.54, 1.807) is 12.1 Å². The van der Waals surface area contributed by atoms with Gasteiger partial charge in [-0.05, 0) is 36.4 Å². The third-order valence-electron chi connectivity index (χ3n) is 4.78. The second-order valence-corrected chi connectivity index (χ2v) is 6.76. The summed E-state index contributed by atoms with van der Waals surface area (Å²) >= 11 is 0. The summed E-state index contributed by atoms with van der Waals surface area (Å²) in [4.78, 5) is 18.6. The van der Waals surface area contributed by atoms with Crippen molar-refractivity contribution >= 4 is 11.8 Å². The van der Waals surface area contributed by atoms with E-state index in [0.717, 1.165) is 11.0 Å². The predicted molar refractivity (Wildman–Crippen MR) is 102 cm³/mol. The highest BCUT2D eigenvalue weighted by Gasteiger charge is 2.40. The fraction of sp³-hybridized carbons (Fsp3) is 0.316. The van der Waals surface area contributed by atoms with E-state index in [1.807, 2.05) is 6.92 Å². The number of aliphatic hydroxyl groups excluding tert-OH is 1. The minimum Gasteiger partial charge on any atom is -0.441 e. The first-order chi connectivity index (χ1) is 14.9. The fourth-order valence-corrected chi connectivity index (χ4v) is 3.11. The number of ether oxygens (including phenoxy) is 1. The number of benzene rings is 1.